The standard InChI is InChI=1S/C18H13Cl2N5O3S/c19-9-1-5-11(6-2-9)22-15(26)13-14(23-24-18(21)29)17(28)25(16(13)27)12-7-3-10(20)4-8-12/h1-8,13H,(H,22,26)(H3,21,24,29)/b23-14+. The van der Waals surface area contributed by atoms with Crippen LogP contribution in [0.25, 0.3) is 0 Å². The Balaban J connectivity index is 1.95. The number of hydrogen-bond acceptors (Lipinski definition) is 5. The van der Waals surface area contributed by atoms with E-state index in [0.717, 1.165) is 4.90 Å². The second kappa shape index (κ2) is 8.56. The summed E-state index contributed by atoms with van der Waals surface area (Å²) in [6.45, 7) is 0. The van der Waals surface area contributed by atoms with Crippen molar-refractivity contribution in [2.45, 2.75) is 0 Å². The van der Waals surface area contributed by atoms with E-state index in [-0.39, 0.29) is 16.5 Å². The minimum absolute atomic E-state index is 0.223. The number of carbonyl (C=O) groups is 3. The van der Waals surface area contributed by atoms with Gasteiger partial charge in [-0.05, 0) is 60.7 Å². The molecule has 1 atom stereocenters. The van der Waals surface area contributed by atoms with E-state index in [0.29, 0.717) is 15.7 Å². The van der Waals surface area contributed by atoms with Gasteiger partial charge in [0, 0.05) is 15.7 Å². The lowest BCUT2D eigenvalue weighted by Crippen LogP contribution is -2.35. The van der Waals surface area contributed by atoms with Crippen LogP contribution in [-0.2, 0) is 14.4 Å². The number of rotatable bonds is 4. The number of anilines is 2. The Morgan fingerprint density at radius 1 is 1.03 bits per heavy atom. The van der Waals surface area contributed by atoms with Crippen LogP contribution in [0.2, 0.25) is 10.0 Å². The first-order chi connectivity index (χ1) is 13.8. The molecule has 148 valence electrons. The normalized spacial score (nSPS) is 17.5. The number of nitrogens with two attached hydrogens (primary N) is 1. The van der Waals surface area contributed by atoms with Crippen molar-refractivity contribution in [2.75, 3.05) is 10.2 Å². The van der Waals surface area contributed by atoms with Crippen LogP contribution in [0.5, 0.6) is 0 Å². The first kappa shape index (κ1) is 20.7. The highest BCUT2D eigenvalue weighted by atomic mass is 35.5. The number of halogens is 2. The van der Waals surface area contributed by atoms with Gasteiger partial charge in [0.2, 0.25) is 5.91 Å². The van der Waals surface area contributed by atoms with Crippen molar-refractivity contribution >= 4 is 75.3 Å². The smallest absolute Gasteiger partial charge is 0.282 e. The number of carbonyl (C=O) groups excluding carboxylic acids is 3. The van der Waals surface area contributed by atoms with Crippen LogP contribution in [0.15, 0.2) is 53.6 Å². The van der Waals surface area contributed by atoms with Crippen molar-refractivity contribution in [3.8, 4) is 0 Å². The van der Waals surface area contributed by atoms with Crippen molar-refractivity contribution < 1.29 is 14.4 Å². The Bertz CT molecular complexity index is 1020. The highest BCUT2D eigenvalue weighted by Crippen LogP contribution is 2.27. The monoisotopic (exact) mass is 449 g/mol. The van der Waals surface area contributed by atoms with Crippen LogP contribution in [0.1, 0.15) is 0 Å². The zero-order valence-corrected chi connectivity index (χ0v) is 16.9. The molecule has 2 aromatic rings. The summed E-state index contributed by atoms with van der Waals surface area (Å²) in [4.78, 5) is 39.5. The molecule has 0 bridgehead atoms. The molecular formula is C18H13Cl2N5O3S. The van der Waals surface area contributed by atoms with Crippen LogP contribution < -0.4 is 21.4 Å². The van der Waals surface area contributed by atoms with Gasteiger partial charge in [-0.25, -0.2) is 4.90 Å². The van der Waals surface area contributed by atoms with E-state index in [1.54, 1.807) is 24.3 Å². The van der Waals surface area contributed by atoms with E-state index in [4.69, 9.17) is 28.9 Å². The van der Waals surface area contributed by atoms with Gasteiger partial charge in [-0.15, -0.1) is 0 Å². The van der Waals surface area contributed by atoms with Crippen LogP contribution >= 0.6 is 35.4 Å². The van der Waals surface area contributed by atoms with E-state index in [1.807, 2.05) is 0 Å². The summed E-state index contributed by atoms with van der Waals surface area (Å²) < 4.78 is 0. The first-order valence-electron chi connectivity index (χ1n) is 8.11. The Morgan fingerprint density at radius 2 is 1.59 bits per heavy atom. The summed E-state index contributed by atoms with van der Waals surface area (Å²) in [6, 6.07) is 12.3. The number of thiocarbonyl (C=S) groups is 1. The molecule has 1 aliphatic rings. The van der Waals surface area contributed by atoms with Gasteiger partial charge in [-0.2, -0.15) is 5.10 Å². The zero-order valence-electron chi connectivity index (χ0n) is 14.6. The van der Waals surface area contributed by atoms with Crippen LogP contribution in [0.3, 0.4) is 0 Å². The van der Waals surface area contributed by atoms with Gasteiger partial charge >= 0.3 is 0 Å². The SMILES string of the molecule is NC(=S)N/N=C1/C(=O)N(c2ccc(Cl)cc2)C(=O)C1C(=O)Nc1ccc(Cl)cc1. The molecule has 3 rings (SSSR count). The molecular weight excluding hydrogens is 437 g/mol. The Morgan fingerprint density at radius 3 is 2.14 bits per heavy atom. The molecule has 1 saturated heterocycles. The molecule has 1 heterocycles. The van der Waals surface area contributed by atoms with E-state index in [1.165, 1.54) is 24.3 Å². The molecule has 1 fully saturated rings. The van der Waals surface area contributed by atoms with Crippen molar-refractivity contribution in [1.82, 2.24) is 5.43 Å². The molecule has 4 N–H and O–H groups in total. The van der Waals surface area contributed by atoms with Crippen molar-refractivity contribution in [3.05, 3.63) is 58.6 Å². The lowest BCUT2D eigenvalue weighted by Gasteiger charge is -2.14. The summed E-state index contributed by atoms with van der Waals surface area (Å²) in [6.07, 6.45) is 0. The predicted octanol–water partition coefficient (Wildman–Crippen LogP) is 2.31. The second-order valence-corrected chi connectivity index (χ2v) is 7.17. The summed E-state index contributed by atoms with van der Waals surface area (Å²) in [7, 11) is 0. The number of hydrogen-bond donors (Lipinski definition) is 3. The third-order valence-corrected chi connectivity index (χ3v) is 4.50. The number of amides is 3. The van der Waals surface area contributed by atoms with E-state index in [2.05, 4.69) is 28.1 Å². The summed E-state index contributed by atoms with van der Waals surface area (Å²) in [5.41, 5.74) is 7.90. The molecule has 2 aromatic carbocycles. The molecule has 1 aliphatic heterocycles. The highest BCUT2D eigenvalue weighted by Gasteiger charge is 2.50. The maximum atomic E-state index is 13.0. The van der Waals surface area contributed by atoms with Crippen LogP contribution in [0.4, 0.5) is 11.4 Å². The third-order valence-electron chi connectivity index (χ3n) is 3.91. The summed E-state index contributed by atoms with van der Waals surface area (Å²) in [5.74, 6) is -3.80. The van der Waals surface area contributed by atoms with Gasteiger partial charge in [-0.1, -0.05) is 23.2 Å². The lowest BCUT2D eigenvalue weighted by molar-refractivity contribution is -0.127. The molecule has 29 heavy (non-hydrogen) atoms. The minimum Gasteiger partial charge on any atom is -0.375 e. The molecule has 11 heteroatoms. The molecule has 0 aliphatic carbocycles. The molecule has 0 spiro atoms. The quantitative estimate of drug-likeness (QED) is 0.285. The average Bonchev–Trinajstić information content (AvgIpc) is 2.92. The Labute approximate surface area is 180 Å². The van der Waals surface area contributed by atoms with E-state index in [9.17, 15) is 14.4 Å². The predicted molar refractivity (Wildman–Crippen MR) is 115 cm³/mol. The van der Waals surface area contributed by atoms with E-state index >= 15 is 0 Å². The summed E-state index contributed by atoms with van der Waals surface area (Å²) >= 11 is 16.4. The van der Waals surface area contributed by atoms with Crippen LogP contribution in [0, 0.1) is 5.92 Å². The molecule has 3 amide bonds. The minimum atomic E-state index is -1.50. The maximum absolute atomic E-state index is 13.0. The number of imide groups is 1. The highest BCUT2D eigenvalue weighted by molar-refractivity contribution is 7.80. The maximum Gasteiger partial charge on any atom is 0.282 e. The Kier molecular flexibility index (Phi) is 6.12. The zero-order chi connectivity index (χ0) is 21.1. The van der Waals surface area contributed by atoms with Gasteiger partial charge < -0.3 is 11.1 Å². The number of hydrazone groups is 1. The number of benzene rings is 2. The lowest BCUT2D eigenvalue weighted by atomic mass is 10.0. The number of nitrogens with zero attached hydrogens (tertiary/aromatic N) is 2. The fraction of sp³-hybridized carbons (Fsp3) is 0.0556. The topological polar surface area (TPSA) is 117 Å². The molecule has 1 unspecified atom stereocenters. The molecule has 8 nitrogen and oxygen atoms in total. The van der Waals surface area contributed by atoms with Crippen molar-refractivity contribution in [2.24, 2.45) is 16.8 Å². The largest absolute Gasteiger partial charge is 0.375 e. The van der Waals surface area contributed by atoms with E-state index < -0.39 is 23.6 Å². The average molecular weight is 450 g/mol. The third kappa shape index (κ3) is 4.53. The first-order valence-corrected chi connectivity index (χ1v) is 9.27. The fourth-order valence-electron chi connectivity index (χ4n) is 2.63. The summed E-state index contributed by atoms with van der Waals surface area (Å²) in [5, 5.41) is 7.04. The molecule has 0 radical (unpaired) electrons. The molecule has 0 aromatic heterocycles. The van der Waals surface area contributed by atoms with Crippen LogP contribution in [-0.4, -0.2) is 28.5 Å². The fourth-order valence-corrected chi connectivity index (χ4v) is 2.93. The van der Waals surface area contributed by atoms with Crippen molar-refractivity contribution in [1.29, 1.82) is 0 Å². The number of nitrogens with one attached hydrogen (secondary N) is 2. The molecule has 0 saturated carbocycles. The Hall–Kier alpha value is -3.01. The van der Waals surface area contributed by atoms with Crippen molar-refractivity contribution in [3.63, 3.8) is 0 Å². The second-order valence-electron chi connectivity index (χ2n) is 5.86. The van der Waals surface area contributed by atoms with Gasteiger partial charge in [-0.3, -0.25) is 19.8 Å². The van der Waals surface area contributed by atoms with Gasteiger partial charge in [0.1, 0.15) is 5.71 Å². The van der Waals surface area contributed by atoms with Gasteiger partial charge in [0.15, 0.2) is 11.0 Å². The van der Waals surface area contributed by atoms with Gasteiger partial charge in [0.05, 0.1) is 5.69 Å². The van der Waals surface area contributed by atoms with Gasteiger partial charge in [0.25, 0.3) is 11.8 Å².